The van der Waals surface area contributed by atoms with Crippen LogP contribution in [-0.2, 0) is 35.6 Å². The van der Waals surface area contributed by atoms with Gasteiger partial charge in [-0.15, -0.1) is 0 Å². The number of furan rings is 1. The van der Waals surface area contributed by atoms with Crippen LogP contribution in [-0.4, -0.2) is 52.1 Å². The number of allylic oxidation sites excluding steroid dienone is 1. The van der Waals surface area contributed by atoms with Gasteiger partial charge in [0.25, 0.3) is 5.91 Å². The molecule has 0 fully saturated rings. The summed E-state index contributed by atoms with van der Waals surface area (Å²) < 4.78 is 43.2. The number of amides is 1. The third-order valence-electron chi connectivity index (χ3n) is 5.04. The van der Waals surface area contributed by atoms with Crippen LogP contribution in [0.1, 0.15) is 25.4 Å². The van der Waals surface area contributed by atoms with E-state index in [1.165, 1.54) is 42.4 Å². The molecule has 1 N–H and O–H groups in total. The van der Waals surface area contributed by atoms with Gasteiger partial charge >= 0.3 is 5.97 Å². The van der Waals surface area contributed by atoms with Gasteiger partial charge < -0.3 is 18.8 Å². The number of benzene rings is 1. The van der Waals surface area contributed by atoms with Crippen LogP contribution in [0.25, 0.3) is 6.08 Å². The topological polar surface area (TPSA) is 115 Å². The van der Waals surface area contributed by atoms with Crippen molar-refractivity contribution < 1.29 is 31.9 Å². The Bertz CT molecular complexity index is 1230. The maximum Gasteiger partial charge on any atom is 0.340 e. The van der Waals surface area contributed by atoms with Gasteiger partial charge in [0.05, 0.1) is 35.8 Å². The first-order valence-electron chi connectivity index (χ1n) is 10.4. The summed E-state index contributed by atoms with van der Waals surface area (Å²) >= 11 is 5.81. The Morgan fingerprint density at radius 3 is 2.56 bits per heavy atom. The van der Waals surface area contributed by atoms with Crippen LogP contribution in [0.5, 0.6) is 0 Å². The molecule has 9 nitrogen and oxygen atoms in total. The van der Waals surface area contributed by atoms with E-state index in [0.717, 1.165) is 0 Å². The lowest BCUT2D eigenvalue weighted by atomic mass is 10.1. The number of carbonyl (C=O) groups is 2. The highest BCUT2D eigenvalue weighted by Crippen LogP contribution is 2.32. The fourth-order valence-corrected chi connectivity index (χ4v) is 4.47. The second-order valence-corrected chi connectivity index (χ2v) is 9.47. The van der Waals surface area contributed by atoms with Crippen LogP contribution in [0, 0.1) is 0 Å². The van der Waals surface area contributed by atoms with Crippen LogP contribution in [0.3, 0.4) is 0 Å². The lowest BCUT2D eigenvalue weighted by Gasteiger charge is -2.16. The second-order valence-electron chi connectivity index (χ2n) is 7.27. The predicted molar refractivity (Wildman–Crippen MR) is 125 cm³/mol. The zero-order chi connectivity index (χ0) is 24.9. The van der Waals surface area contributed by atoms with Crippen molar-refractivity contribution in [1.82, 2.24) is 9.62 Å². The molecule has 0 saturated heterocycles. The molecule has 1 aliphatic heterocycles. The monoisotopic (exact) mass is 508 g/mol. The lowest BCUT2D eigenvalue weighted by molar-refractivity contribution is -0.138. The van der Waals surface area contributed by atoms with Crippen molar-refractivity contribution in [3.8, 4) is 0 Å². The van der Waals surface area contributed by atoms with Gasteiger partial charge in [0.2, 0.25) is 10.0 Å². The third kappa shape index (κ3) is 5.76. The first kappa shape index (κ1) is 25.7. The smallest absolute Gasteiger partial charge is 0.340 e. The number of halogens is 1. The molecule has 11 heteroatoms. The molecule has 1 aromatic carbocycles. The number of nitrogens with zero attached hydrogens (tertiary/aromatic N) is 1. The quantitative estimate of drug-likeness (QED) is 0.387. The molecule has 2 aromatic rings. The third-order valence-corrected chi connectivity index (χ3v) is 6.71. The van der Waals surface area contributed by atoms with Crippen LogP contribution in [0.2, 0.25) is 5.02 Å². The Hall–Kier alpha value is -2.92. The molecule has 0 unspecified atom stereocenters. The average molecular weight is 509 g/mol. The summed E-state index contributed by atoms with van der Waals surface area (Å²) in [5.41, 5.74) is 0.758. The highest BCUT2D eigenvalue weighted by atomic mass is 35.5. The molecular weight excluding hydrogens is 484 g/mol. The number of rotatable bonds is 10. The summed E-state index contributed by atoms with van der Waals surface area (Å²) in [6.07, 6.45) is 1.45. The summed E-state index contributed by atoms with van der Waals surface area (Å²) in [5, 5.41) is 0.427. The standard InChI is InChI=1S/C23H25ClN2O7S/c1-4-32-23(28)21-15(2)26(11-12-31-3)22(27)20(21)13-17-7-8-18(33-17)14-25-34(29,30)19-9-5-16(24)6-10-19/h5-10,13,25H,4,11-12,14H2,1-3H3/b20-13+. The Morgan fingerprint density at radius 2 is 1.91 bits per heavy atom. The van der Waals surface area contributed by atoms with Gasteiger partial charge in [-0.05, 0) is 56.3 Å². The molecule has 0 spiro atoms. The van der Waals surface area contributed by atoms with Gasteiger partial charge in [0.1, 0.15) is 11.5 Å². The van der Waals surface area contributed by atoms with E-state index < -0.39 is 16.0 Å². The number of nitrogens with one attached hydrogen (secondary N) is 1. The van der Waals surface area contributed by atoms with Crippen molar-refractivity contribution in [2.75, 3.05) is 26.9 Å². The first-order valence-corrected chi connectivity index (χ1v) is 12.3. The van der Waals surface area contributed by atoms with E-state index in [1.807, 2.05) is 0 Å². The molecule has 1 amide bonds. The largest absolute Gasteiger partial charge is 0.462 e. The number of carbonyl (C=O) groups excluding carboxylic acids is 2. The van der Waals surface area contributed by atoms with Crippen LogP contribution < -0.4 is 4.72 Å². The number of sulfonamides is 1. The average Bonchev–Trinajstić information content (AvgIpc) is 3.34. The highest BCUT2D eigenvalue weighted by Gasteiger charge is 2.37. The van der Waals surface area contributed by atoms with E-state index in [1.54, 1.807) is 26.0 Å². The van der Waals surface area contributed by atoms with E-state index >= 15 is 0 Å². The molecule has 182 valence electrons. The molecule has 0 saturated carbocycles. The number of hydrogen-bond acceptors (Lipinski definition) is 7. The summed E-state index contributed by atoms with van der Waals surface area (Å²) in [4.78, 5) is 27.1. The summed E-state index contributed by atoms with van der Waals surface area (Å²) in [7, 11) is -2.25. The van der Waals surface area contributed by atoms with Crippen molar-refractivity contribution in [3.63, 3.8) is 0 Å². The minimum absolute atomic E-state index is 0.0678. The number of ether oxygens (including phenoxy) is 2. The normalized spacial score (nSPS) is 15.5. The fraction of sp³-hybridized carbons (Fsp3) is 0.304. The number of hydrogen-bond donors (Lipinski definition) is 1. The van der Waals surface area contributed by atoms with E-state index in [-0.39, 0.29) is 47.4 Å². The minimum Gasteiger partial charge on any atom is -0.462 e. The van der Waals surface area contributed by atoms with Crippen LogP contribution in [0.4, 0.5) is 0 Å². The Labute approximate surface area is 203 Å². The first-order chi connectivity index (χ1) is 16.2. The van der Waals surface area contributed by atoms with E-state index in [0.29, 0.717) is 23.1 Å². The van der Waals surface area contributed by atoms with Gasteiger partial charge in [-0.1, -0.05) is 11.6 Å². The van der Waals surface area contributed by atoms with Gasteiger partial charge in [0, 0.05) is 24.4 Å². The van der Waals surface area contributed by atoms with Crippen molar-refractivity contribution >= 4 is 39.6 Å². The molecule has 1 aliphatic rings. The summed E-state index contributed by atoms with van der Waals surface area (Å²) in [6.45, 7) is 3.97. The SMILES string of the molecule is CCOC(=O)C1=C(C)N(CCOC)C(=O)/C1=C/c1ccc(CNS(=O)(=O)c2ccc(Cl)cc2)o1. The van der Waals surface area contributed by atoms with Crippen LogP contribution >= 0.6 is 11.6 Å². The maximum absolute atomic E-state index is 13.0. The van der Waals surface area contributed by atoms with E-state index in [4.69, 9.17) is 25.5 Å². The zero-order valence-electron chi connectivity index (χ0n) is 19.0. The van der Waals surface area contributed by atoms with Gasteiger partial charge in [0.15, 0.2) is 0 Å². The van der Waals surface area contributed by atoms with Gasteiger partial charge in [-0.25, -0.2) is 17.9 Å². The molecule has 0 atom stereocenters. The number of esters is 1. The van der Waals surface area contributed by atoms with Crippen molar-refractivity contribution in [1.29, 1.82) is 0 Å². The second kappa shape index (κ2) is 11.0. The Kier molecular flexibility index (Phi) is 8.32. The predicted octanol–water partition coefficient (Wildman–Crippen LogP) is 3.12. The van der Waals surface area contributed by atoms with Crippen LogP contribution in [0.15, 0.2) is 62.6 Å². The van der Waals surface area contributed by atoms with E-state index in [2.05, 4.69) is 4.72 Å². The minimum atomic E-state index is -3.77. The van der Waals surface area contributed by atoms with Crippen molar-refractivity contribution in [2.45, 2.75) is 25.3 Å². The highest BCUT2D eigenvalue weighted by molar-refractivity contribution is 7.89. The summed E-state index contributed by atoms with van der Waals surface area (Å²) in [6, 6.07) is 8.93. The Balaban J connectivity index is 1.81. The lowest BCUT2D eigenvalue weighted by Crippen LogP contribution is -2.28. The number of methoxy groups -OCH3 is 1. The summed E-state index contributed by atoms with van der Waals surface area (Å²) in [5.74, 6) is -0.377. The molecule has 0 radical (unpaired) electrons. The molecule has 0 aliphatic carbocycles. The fourth-order valence-electron chi connectivity index (χ4n) is 3.35. The van der Waals surface area contributed by atoms with Crippen molar-refractivity contribution in [3.05, 3.63) is 69.8 Å². The van der Waals surface area contributed by atoms with Gasteiger partial charge in [-0.2, -0.15) is 0 Å². The van der Waals surface area contributed by atoms with Crippen molar-refractivity contribution in [2.24, 2.45) is 0 Å². The molecule has 34 heavy (non-hydrogen) atoms. The maximum atomic E-state index is 13.0. The molecular formula is C23H25ClN2O7S. The molecule has 2 heterocycles. The van der Waals surface area contributed by atoms with E-state index in [9.17, 15) is 18.0 Å². The Morgan fingerprint density at radius 1 is 1.21 bits per heavy atom. The van der Waals surface area contributed by atoms with Gasteiger partial charge in [-0.3, -0.25) is 4.79 Å². The zero-order valence-corrected chi connectivity index (χ0v) is 20.5. The molecule has 1 aromatic heterocycles. The molecule has 3 rings (SSSR count). The molecule has 0 bridgehead atoms.